The number of guanidine groups is 1. The zero-order valence-electron chi connectivity index (χ0n) is 17.4. The number of thiophene rings is 1. The summed E-state index contributed by atoms with van der Waals surface area (Å²) in [6.07, 6.45) is 3.25. The maximum absolute atomic E-state index is 5.85. The fraction of sp³-hybridized carbons (Fsp3) is 0.500. The zero-order valence-corrected chi connectivity index (χ0v) is 20.5. The van der Waals surface area contributed by atoms with Gasteiger partial charge in [-0.25, -0.2) is 0 Å². The van der Waals surface area contributed by atoms with Crippen molar-refractivity contribution in [2.45, 2.75) is 38.8 Å². The van der Waals surface area contributed by atoms with Gasteiger partial charge in [0.15, 0.2) is 5.96 Å². The molecule has 0 saturated carbocycles. The smallest absolute Gasteiger partial charge is 0.191 e. The first kappa shape index (κ1) is 24.0. The van der Waals surface area contributed by atoms with Crippen molar-refractivity contribution in [3.05, 3.63) is 52.2 Å². The highest BCUT2D eigenvalue weighted by atomic mass is 127. The molecule has 1 saturated heterocycles. The van der Waals surface area contributed by atoms with Gasteiger partial charge in [-0.2, -0.15) is 11.3 Å². The minimum Gasteiger partial charge on any atom is -0.493 e. The van der Waals surface area contributed by atoms with Crippen molar-refractivity contribution in [2.75, 3.05) is 33.3 Å². The van der Waals surface area contributed by atoms with Crippen LogP contribution < -0.4 is 15.4 Å². The van der Waals surface area contributed by atoms with Crippen LogP contribution in [0.25, 0.3) is 0 Å². The molecule has 160 valence electrons. The number of aliphatic imine (C=N–C) groups is 1. The lowest BCUT2D eigenvalue weighted by molar-refractivity contribution is 0.198. The lowest BCUT2D eigenvalue weighted by Crippen LogP contribution is -2.48. The molecule has 1 aliphatic rings. The van der Waals surface area contributed by atoms with Crippen LogP contribution in [0.3, 0.4) is 0 Å². The van der Waals surface area contributed by atoms with Gasteiger partial charge in [0.1, 0.15) is 5.75 Å². The van der Waals surface area contributed by atoms with Crippen LogP contribution in [0.5, 0.6) is 5.75 Å². The van der Waals surface area contributed by atoms with Gasteiger partial charge in [-0.05, 0) is 60.2 Å². The number of piperidine rings is 1. The van der Waals surface area contributed by atoms with Crippen molar-refractivity contribution in [1.29, 1.82) is 0 Å². The second kappa shape index (κ2) is 13.1. The van der Waals surface area contributed by atoms with E-state index in [-0.39, 0.29) is 24.0 Å². The van der Waals surface area contributed by atoms with Gasteiger partial charge in [0.25, 0.3) is 0 Å². The minimum absolute atomic E-state index is 0. The molecule has 3 rings (SSSR count). The Morgan fingerprint density at radius 3 is 2.72 bits per heavy atom. The molecule has 29 heavy (non-hydrogen) atoms. The van der Waals surface area contributed by atoms with Crippen LogP contribution in [0.15, 0.2) is 46.1 Å². The summed E-state index contributed by atoms with van der Waals surface area (Å²) >= 11 is 1.78. The van der Waals surface area contributed by atoms with Crippen molar-refractivity contribution < 1.29 is 4.74 Å². The SMILES string of the molecule is CN=C(NCCCOc1ccccc1C)NC1CCN(Cc2ccsc2)CC1.I. The van der Waals surface area contributed by atoms with E-state index in [4.69, 9.17) is 4.74 Å². The predicted molar refractivity (Wildman–Crippen MR) is 134 cm³/mol. The number of halogens is 1. The largest absolute Gasteiger partial charge is 0.493 e. The van der Waals surface area contributed by atoms with E-state index >= 15 is 0 Å². The Labute approximate surface area is 196 Å². The molecule has 1 aliphatic heterocycles. The zero-order chi connectivity index (χ0) is 19.6. The van der Waals surface area contributed by atoms with Crippen molar-refractivity contribution >= 4 is 41.3 Å². The second-order valence-electron chi connectivity index (χ2n) is 7.29. The molecule has 1 aromatic heterocycles. The molecule has 2 N–H and O–H groups in total. The van der Waals surface area contributed by atoms with E-state index in [1.807, 2.05) is 25.2 Å². The van der Waals surface area contributed by atoms with Gasteiger partial charge in [0.2, 0.25) is 0 Å². The maximum atomic E-state index is 5.85. The number of nitrogens with one attached hydrogen (secondary N) is 2. The number of hydrogen-bond donors (Lipinski definition) is 2. The molecule has 5 nitrogen and oxygen atoms in total. The first-order chi connectivity index (χ1) is 13.7. The number of benzene rings is 1. The minimum atomic E-state index is 0. The highest BCUT2D eigenvalue weighted by molar-refractivity contribution is 14.0. The van der Waals surface area contributed by atoms with Crippen LogP contribution >= 0.6 is 35.3 Å². The molecule has 0 bridgehead atoms. The molecule has 0 atom stereocenters. The summed E-state index contributed by atoms with van der Waals surface area (Å²) in [5.74, 6) is 1.87. The average Bonchev–Trinajstić information content (AvgIpc) is 3.22. The van der Waals surface area contributed by atoms with Crippen LogP contribution in [-0.2, 0) is 6.54 Å². The summed E-state index contributed by atoms with van der Waals surface area (Å²) in [4.78, 5) is 6.91. The third-order valence-corrected chi connectivity index (χ3v) is 5.84. The summed E-state index contributed by atoms with van der Waals surface area (Å²) in [6.45, 7) is 6.97. The van der Waals surface area contributed by atoms with E-state index in [0.717, 1.165) is 57.2 Å². The molecule has 2 aromatic rings. The second-order valence-corrected chi connectivity index (χ2v) is 8.07. The van der Waals surface area contributed by atoms with Gasteiger partial charge < -0.3 is 15.4 Å². The molecule has 7 heteroatoms. The first-order valence-electron chi connectivity index (χ1n) is 10.1. The Kier molecular flexibility index (Phi) is 10.8. The van der Waals surface area contributed by atoms with Crippen LogP contribution in [-0.4, -0.2) is 50.2 Å². The fourth-order valence-electron chi connectivity index (χ4n) is 3.44. The van der Waals surface area contributed by atoms with Gasteiger partial charge in [0.05, 0.1) is 6.61 Å². The molecule has 0 aliphatic carbocycles. The normalized spacial score (nSPS) is 15.6. The summed E-state index contributed by atoms with van der Waals surface area (Å²) < 4.78 is 5.85. The number of para-hydroxylation sites is 1. The van der Waals surface area contributed by atoms with Crippen LogP contribution in [0.1, 0.15) is 30.4 Å². The number of aryl methyl sites for hydroxylation is 1. The summed E-state index contributed by atoms with van der Waals surface area (Å²) in [6, 6.07) is 10.9. The van der Waals surface area contributed by atoms with Crippen LogP contribution in [0.2, 0.25) is 0 Å². The average molecular weight is 529 g/mol. The predicted octanol–water partition coefficient (Wildman–Crippen LogP) is 4.27. The maximum Gasteiger partial charge on any atom is 0.191 e. The highest BCUT2D eigenvalue weighted by Crippen LogP contribution is 2.16. The molecular formula is C22H33IN4OS. The lowest BCUT2D eigenvalue weighted by Gasteiger charge is -2.32. The number of rotatable bonds is 8. The number of likely N-dealkylation sites (tertiary alicyclic amines) is 1. The fourth-order valence-corrected chi connectivity index (χ4v) is 4.10. The Bertz CT molecular complexity index is 730. The summed E-state index contributed by atoms with van der Waals surface area (Å²) in [5.41, 5.74) is 2.61. The van der Waals surface area contributed by atoms with Gasteiger partial charge in [-0.1, -0.05) is 18.2 Å². The van der Waals surface area contributed by atoms with Crippen LogP contribution in [0.4, 0.5) is 0 Å². The van der Waals surface area contributed by atoms with E-state index in [2.05, 4.69) is 50.3 Å². The van der Waals surface area contributed by atoms with Gasteiger partial charge >= 0.3 is 0 Å². The van der Waals surface area contributed by atoms with Gasteiger partial charge in [-0.15, -0.1) is 24.0 Å². The molecule has 0 radical (unpaired) electrons. The standard InChI is InChI=1S/C22H32N4OS.HI/c1-18-6-3-4-7-21(18)27-14-5-11-24-22(23-2)25-20-8-12-26(13-9-20)16-19-10-15-28-17-19;/h3-4,6-7,10,15,17,20H,5,8-9,11-14,16H2,1-2H3,(H2,23,24,25);1H. The Morgan fingerprint density at radius 2 is 2.03 bits per heavy atom. The van der Waals surface area contributed by atoms with Crippen molar-refractivity contribution in [2.24, 2.45) is 4.99 Å². The quantitative estimate of drug-likeness (QED) is 0.233. The summed E-state index contributed by atoms with van der Waals surface area (Å²) in [5, 5.41) is 11.4. The topological polar surface area (TPSA) is 48.9 Å². The molecule has 0 amide bonds. The van der Waals surface area contributed by atoms with Crippen LogP contribution in [0, 0.1) is 6.92 Å². The Morgan fingerprint density at radius 1 is 1.24 bits per heavy atom. The van der Waals surface area contributed by atoms with E-state index in [1.165, 1.54) is 11.1 Å². The van der Waals surface area contributed by atoms with E-state index < -0.39 is 0 Å². The van der Waals surface area contributed by atoms with E-state index in [0.29, 0.717) is 12.6 Å². The van der Waals surface area contributed by atoms with E-state index in [9.17, 15) is 0 Å². The third kappa shape index (κ3) is 8.14. The number of nitrogens with zero attached hydrogens (tertiary/aromatic N) is 2. The first-order valence-corrected chi connectivity index (χ1v) is 11.1. The van der Waals surface area contributed by atoms with E-state index in [1.54, 1.807) is 11.3 Å². The Hall–Kier alpha value is -1.32. The van der Waals surface area contributed by atoms with Gasteiger partial charge in [0, 0.05) is 39.3 Å². The number of hydrogen-bond acceptors (Lipinski definition) is 4. The van der Waals surface area contributed by atoms with Crippen molar-refractivity contribution in [3.63, 3.8) is 0 Å². The molecular weight excluding hydrogens is 495 g/mol. The summed E-state index contributed by atoms with van der Waals surface area (Å²) in [7, 11) is 1.84. The molecule has 0 unspecified atom stereocenters. The Balaban J connectivity index is 0.00000300. The lowest BCUT2D eigenvalue weighted by atomic mass is 10.0. The number of ether oxygens (including phenoxy) is 1. The van der Waals surface area contributed by atoms with Crippen molar-refractivity contribution in [3.8, 4) is 5.75 Å². The monoisotopic (exact) mass is 528 g/mol. The molecule has 1 aromatic carbocycles. The molecule has 0 spiro atoms. The molecule has 2 heterocycles. The van der Waals surface area contributed by atoms with Gasteiger partial charge in [-0.3, -0.25) is 9.89 Å². The van der Waals surface area contributed by atoms with Crippen molar-refractivity contribution in [1.82, 2.24) is 15.5 Å². The highest BCUT2D eigenvalue weighted by Gasteiger charge is 2.20. The third-order valence-electron chi connectivity index (χ3n) is 5.10. The molecule has 1 fully saturated rings.